The fourth-order valence-electron chi connectivity index (χ4n) is 2.14. The fraction of sp³-hybridized carbons (Fsp3) is 0.688. The van der Waals surface area contributed by atoms with Crippen LogP contribution in [0.2, 0.25) is 0 Å². The van der Waals surface area contributed by atoms with E-state index in [1.165, 1.54) is 6.42 Å². The van der Waals surface area contributed by atoms with Crippen molar-refractivity contribution in [3.05, 3.63) is 12.2 Å². The quantitative estimate of drug-likeness (QED) is 0.333. The Labute approximate surface area is 136 Å². The summed E-state index contributed by atoms with van der Waals surface area (Å²) in [6.45, 7) is 3.58. The molecule has 0 radical (unpaired) electrons. The van der Waals surface area contributed by atoms with Crippen LogP contribution in [0, 0.1) is 0 Å². The summed E-state index contributed by atoms with van der Waals surface area (Å²) in [6, 6.07) is 0. The molecule has 7 nitrogen and oxygen atoms in total. The van der Waals surface area contributed by atoms with Crippen molar-refractivity contribution in [3.63, 3.8) is 0 Å². The molecule has 0 spiro atoms. The lowest BCUT2D eigenvalue weighted by Crippen LogP contribution is -2.32. The van der Waals surface area contributed by atoms with Gasteiger partial charge in [0.25, 0.3) is 0 Å². The molecule has 1 N–H and O–H groups in total. The monoisotopic (exact) mass is 327 g/mol. The Morgan fingerprint density at radius 2 is 1.74 bits per heavy atom. The van der Waals surface area contributed by atoms with Crippen LogP contribution in [-0.4, -0.2) is 43.4 Å². The molecule has 1 aliphatic carbocycles. The van der Waals surface area contributed by atoms with E-state index in [4.69, 9.17) is 14.2 Å². The van der Waals surface area contributed by atoms with Gasteiger partial charge in [-0.25, -0.2) is 14.4 Å². The molecule has 1 amide bonds. The zero-order valence-corrected chi connectivity index (χ0v) is 13.7. The molecule has 0 heterocycles. The van der Waals surface area contributed by atoms with Gasteiger partial charge in [-0.2, -0.15) is 0 Å². The molecule has 0 unspecified atom stereocenters. The first kappa shape index (κ1) is 19.0. The number of amides is 1. The summed E-state index contributed by atoms with van der Waals surface area (Å²) in [5, 5.41) is 2.52. The lowest BCUT2D eigenvalue weighted by molar-refractivity contribution is -0.142. The summed E-state index contributed by atoms with van der Waals surface area (Å²) in [5.74, 6) is -1.28. The number of hydrogen-bond acceptors (Lipinski definition) is 6. The van der Waals surface area contributed by atoms with E-state index in [0.717, 1.165) is 37.8 Å². The van der Waals surface area contributed by atoms with E-state index in [1.54, 1.807) is 13.8 Å². The third kappa shape index (κ3) is 9.55. The minimum absolute atomic E-state index is 0.00215. The molecule has 1 aliphatic rings. The number of rotatable bonds is 7. The Morgan fingerprint density at radius 3 is 2.39 bits per heavy atom. The molecule has 23 heavy (non-hydrogen) atoms. The van der Waals surface area contributed by atoms with Gasteiger partial charge in [0, 0.05) is 12.2 Å². The largest absolute Gasteiger partial charge is 0.461 e. The molecule has 1 fully saturated rings. The second-order valence-corrected chi connectivity index (χ2v) is 5.58. The van der Waals surface area contributed by atoms with Crippen molar-refractivity contribution < 1.29 is 28.6 Å². The molecular weight excluding hydrogens is 302 g/mol. The second-order valence-electron chi connectivity index (χ2n) is 5.58. The van der Waals surface area contributed by atoms with Crippen LogP contribution in [0.1, 0.15) is 46.0 Å². The number of alkyl carbamates (subject to hydrolysis) is 1. The molecule has 0 saturated heterocycles. The molecule has 1 saturated carbocycles. The Bertz CT molecular complexity index is 426. The Balaban J connectivity index is 2.09. The second kappa shape index (κ2) is 10.6. The van der Waals surface area contributed by atoms with Crippen LogP contribution in [0.5, 0.6) is 0 Å². The van der Waals surface area contributed by atoms with Gasteiger partial charge < -0.3 is 19.5 Å². The van der Waals surface area contributed by atoms with E-state index in [-0.39, 0.29) is 25.4 Å². The van der Waals surface area contributed by atoms with Crippen LogP contribution >= 0.6 is 0 Å². The lowest BCUT2D eigenvalue weighted by Gasteiger charge is -2.21. The maximum Gasteiger partial charge on any atom is 0.407 e. The fourth-order valence-corrected chi connectivity index (χ4v) is 2.14. The molecule has 7 heteroatoms. The molecule has 0 aliphatic heterocycles. The predicted octanol–water partition coefficient (Wildman–Crippen LogP) is 2.10. The van der Waals surface area contributed by atoms with E-state index in [1.807, 2.05) is 0 Å². The maximum absolute atomic E-state index is 11.5. The van der Waals surface area contributed by atoms with Gasteiger partial charge in [-0.05, 0) is 39.5 Å². The number of hydrogen-bond donors (Lipinski definition) is 1. The van der Waals surface area contributed by atoms with Gasteiger partial charge in [0.1, 0.15) is 12.7 Å². The van der Waals surface area contributed by atoms with Crippen LogP contribution in [0.4, 0.5) is 4.79 Å². The number of ether oxygens (including phenoxy) is 3. The molecule has 130 valence electrons. The summed E-state index contributed by atoms with van der Waals surface area (Å²) < 4.78 is 14.9. The average molecular weight is 327 g/mol. The predicted molar refractivity (Wildman–Crippen MR) is 82.7 cm³/mol. The van der Waals surface area contributed by atoms with Gasteiger partial charge >= 0.3 is 18.0 Å². The summed E-state index contributed by atoms with van der Waals surface area (Å²) in [7, 11) is 0. The van der Waals surface area contributed by atoms with Gasteiger partial charge in [-0.3, -0.25) is 0 Å². The average Bonchev–Trinajstić information content (AvgIpc) is 2.50. The minimum atomic E-state index is -0.673. The first-order chi connectivity index (χ1) is 11.0. The molecule has 1 rings (SSSR count). The molecule has 0 aromatic carbocycles. The highest BCUT2D eigenvalue weighted by molar-refractivity contribution is 5.91. The number of nitrogens with one attached hydrogen (secondary N) is 1. The number of esters is 2. The normalized spacial score (nSPS) is 15.4. The Hall–Kier alpha value is -2.05. The van der Waals surface area contributed by atoms with Crippen molar-refractivity contribution in [2.75, 3.05) is 13.2 Å². The van der Waals surface area contributed by atoms with E-state index in [2.05, 4.69) is 5.32 Å². The molecule has 0 aromatic rings. The first-order valence-electron chi connectivity index (χ1n) is 7.97. The first-order valence-corrected chi connectivity index (χ1v) is 7.97. The third-order valence-electron chi connectivity index (χ3n) is 3.15. The van der Waals surface area contributed by atoms with Gasteiger partial charge in [0.2, 0.25) is 0 Å². The zero-order chi connectivity index (χ0) is 17.1. The zero-order valence-electron chi connectivity index (χ0n) is 13.7. The van der Waals surface area contributed by atoms with Crippen LogP contribution in [0.25, 0.3) is 0 Å². The topological polar surface area (TPSA) is 90.9 Å². The number of carbonyl (C=O) groups excluding carboxylic acids is 3. The molecular formula is C16H25NO6. The van der Waals surface area contributed by atoms with Crippen molar-refractivity contribution in [1.29, 1.82) is 0 Å². The number of carbonyl (C=O) groups is 3. The highest BCUT2D eigenvalue weighted by Gasteiger charge is 2.17. The Morgan fingerprint density at radius 1 is 1.09 bits per heavy atom. The van der Waals surface area contributed by atoms with Crippen LogP contribution in [0.15, 0.2) is 12.2 Å². The van der Waals surface area contributed by atoms with Crippen molar-refractivity contribution in [1.82, 2.24) is 5.32 Å². The van der Waals surface area contributed by atoms with Crippen molar-refractivity contribution in [2.24, 2.45) is 0 Å². The highest BCUT2D eigenvalue weighted by atomic mass is 16.6. The molecule has 0 aromatic heterocycles. The third-order valence-corrected chi connectivity index (χ3v) is 3.15. The van der Waals surface area contributed by atoms with Crippen molar-refractivity contribution in [3.8, 4) is 0 Å². The van der Waals surface area contributed by atoms with Gasteiger partial charge in [0.05, 0.1) is 12.6 Å². The minimum Gasteiger partial charge on any atom is -0.461 e. The summed E-state index contributed by atoms with van der Waals surface area (Å²) in [6.07, 6.45) is 6.41. The smallest absolute Gasteiger partial charge is 0.407 e. The van der Waals surface area contributed by atoms with Crippen molar-refractivity contribution in [2.45, 2.75) is 58.2 Å². The maximum atomic E-state index is 11.5. The van der Waals surface area contributed by atoms with Crippen LogP contribution < -0.4 is 5.32 Å². The van der Waals surface area contributed by atoms with Gasteiger partial charge in [-0.1, -0.05) is 6.42 Å². The molecule has 0 bridgehead atoms. The Kier molecular flexibility index (Phi) is 8.79. The van der Waals surface area contributed by atoms with E-state index in [0.29, 0.717) is 0 Å². The summed E-state index contributed by atoms with van der Waals surface area (Å²) >= 11 is 0. The standard InChI is InChI=1S/C16H25NO6/c1-12(2)22-15(19)9-8-14(18)21-11-10-17-16(20)23-13-6-4-3-5-7-13/h8-9,12-13H,3-7,10-11H2,1-2H3,(H,17,20)/b9-8+. The van der Waals surface area contributed by atoms with Crippen LogP contribution in [0.3, 0.4) is 0 Å². The summed E-state index contributed by atoms with van der Waals surface area (Å²) in [5.41, 5.74) is 0. The van der Waals surface area contributed by atoms with E-state index in [9.17, 15) is 14.4 Å². The lowest BCUT2D eigenvalue weighted by atomic mass is 9.98. The van der Waals surface area contributed by atoms with Gasteiger partial charge in [0.15, 0.2) is 0 Å². The molecule has 0 atom stereocenters. The van der Waals surface area contributed by atoms with Crippen molar-refractivity contribution >= 4 is 18.0 Å². The van der Waals surface area contributed by atoms with E-state index >= 15 is 0 Å². The van der Waals surface area contributed by atoms with Crippen LogP contribution in [-0.2, 0) is 23.8 Å². The van der Waals surface area contributed by atoms with E-state index < -0.39 is 18.0 Å². The van der Waals surface area contributed by atoms with Gasteiger partial charge in [-0.15, -0.1) is 0 Å². The SMILES string of the molecule is CC(C)OC(=O)/C=C/C(=O)OCCNC(=O)OC1CCCCC1. The summed E-state index contributed by atoms with van der Waals surface area (Å²) in [4.78, 5) is 34.0. The highest BCUT2D eigenvalue weighted by Crippen LogP contribution is 2.20.